The van der Waals surface area contributed by atoms with E-state index in [0.29, 0.717) is 6.42 Å². The molecular weight excluding hydrogens is 192 g/mol. The maximum Gasteiger partial charge on any atom is 0.305 e. The van der Waals surface area contributed by atoms with Gasteiger partial charge in [-0.25, -0.2) is 0 Å². The molecule has 0 N–H and O–H groups in total. The summed E-state index contributed by atoms with van der Waals surface area (Å²) in [4.78, 5) is 10.8. The van der Waals surface area contributed by atoms with Crippen LogP contribution in [0.25, 0.3) is 0 Å². The molecule has 90 valence electrons. The molecule has 0 radical (unpaired) electrons. The van der Waals surface area contributed by atoms with Crippen LogP contribution in [0.15, 0.2) is 0 Å². The lowest BCUT2D eigenvalue weighted by Crippen LogP contribution is -1.99. The van der Waals surface area contributed by atoms with Gasteiger partial charge in [0.25, 0.3) is 0 Å². The van der Waals surface area contributed by atoms with Crippen molar-refractivity contribution in [3.05, 3.63) is 0 Å². The van der Waals surface area contributed by atoms with Crippen molar-refractivity contribution in [2.24, 2.45) is 0 Å². The molecule has 0 fully saturated rings. The molecule has 0 rings (SSSR count). The van der Waals surface area contributed by atoms with Gasteiger partial charge in [-0.3, -0.25) is 4.79 Å². The van der Waals surface area contributed by atoms with Crippen LogP contribution in [-0.2, 0) is 14.3 Å². The number of carbonyl (C=O) groups is 1. The normalized spacial score (nSPS) is 10.3. The van der Waals surface area contributed by atoms with Crippen LogP contribution in [-0.4, -0.2) is 26.3 Å². The Morgan fingerprint density at radius 2 is 1.60 bits per heavy atom. The number of esters is 1. The Hall–Kier alpha value is -0.570. The number of ether oxygens (including phenoxy) is 2. The second-order valence-electron chi connectivity index (χ2n) is 3.64. The number of rotatable bonds is 10. The second kappa shape index (κ2) is 11.5. The van der Waals surface area contributed by atoms with Crippen molar-refractivity contribution in [2.75, 3.05) is 20.3 Å². The fourth-order valence-electron chi connectivity index (χ4n) is 1.43. The van der Waals surface area contributed by atoms with Gasteiger partial charge >= 0.3 is 5.97 Å². The van der Waals surface area contributed by atoms with Gasteiger partial charge in [0.1, 0.15) is 0 Å². The molecule has 0 aromatic heterocycles. The molecule has 0 atom stereocenters. The first-order valence-electron chi connectivity index (χ1n) is 5.95. The van der Waals surface area contributed by atoms with E-state index in [9.17, 15) is 4.79 Å². The summed E-state index contributed by atoms with van der Waals surface area (Å²) in [5.74, 6) is -0.0913. The number of methoxy groups -OCH3 is 1. The second-order valence-corrected chi connectivity index (χ2v) is 3.64. The summed E-state index contributed by atoms with van der Waals surface area (Å²) in [6.07, 6.45) is 7.50. The van der Waals surface area contributed by atoms with Crippen LogP contribution in [0.4, 0.5) is 0 Å². The molecule has 15 heavy (non-hydrogen) atoms. The largest absolute Gasteiger partial charge is 0.469 e. The topological polar surface area (TPSA) is 35.5 Å². The Morgan fingerprint density at radius 3 is 2.20 bits per heavy atom. The lowest BCUT2D eigenvalue weighted by atomic mass is 10.1. The Bertz CT molecular complexity index is 146. The Labute approximate surface area is 93.1 Å². The minimum atomic E-state index is -0.0913. The van der Waals surface area contributed by atoms with Crippen molar-refractivity contribution in [3.63, 3.8) is 0 Å². The van der Waals surface area contributed by atoms with Crippen LogP contribution in [0.3, 0.4) is 0 Å². The standard InChI is InChI=1S/C12H24O3/c1-3-15-11-9-7-5-4-6-8-10-12(13)14-2/h3-11H2,1-2H3. The van der Waals surface area contributed by atoms with Crippen LogP contribution >= 0.6 is 0 Å². The van der Waals surface area contributed by atoms with E-state index in [1.165, 1.54) is 26.4 Å². The van der Waals surface area contributed by atoms with E-state index in [2.05, 4.69) is 4.74 Å². The van der Waals surface area contributed by atoms with Gasteiger partial charge in [0, 0.05) is 19.6 Å². The smallest absolute Gasteiger partial charge is 0.305 e. The fourth-order valence-corrected chi connectivity index (χ4v) is 1.43. The predicted molar refractivity (Wildman–Crippen MR) is 60.8 cm³/mol. The van der Waals surface area contributed by atoms with Gasteiger partial charge in [-0.15, -0.1) is 0 Å². The molecule has 0 heterocycles. The Kier molecular flexibility index (Phi) is 11.1. The summed E-state index contributed by atoms with van der Waals surface area (Å²) in [5, 5.41) is 0. The van der Waals surface area contributed by atoms with Gasteiger partial charge in [-0.05, 0) is 19.8 Å². The van der Waals surface area contributed by atoms with E-state index in [4.69, 9.17) is 4.74 Å². The highest BCUT2D eigenvalue weighted by Gasteiger charge is 1.98. The van der Waals surface area contributed by atoms with Gasteiger partial charge < -0.3 is 9.47 Å². The number of unbranched alkanes of at least 4 members (excludes halogenated alkanes) is 5. The van der Waals surface area contributed by atoms with Gasteiger partial charge in [-0.2, -0.15) is 0 Å². The van der Waals surface area contributed by atoms with Crippen LogP contribution in [0.1, 0.15) is 51.9 Å². The first-order valence-corrected chi connectivity index (χ1v) is 5.95. The highest BCUT2D eigenvalue weighted by atomic mass is 16.5. The van der Waals surface area contributed by atoms with Crippen molar-refractivity contribution in [1.29, 1.82) is 0 Å². The number of hydrogen-bond donors (Lipinski definition) is 0. The molecule has 0 aromatic rings. The first kappa shape index (κ1) is 14.4. The molecule has 3 heteroatoms. The van der Waals surface area contributed by atoms with E-state index in [1.807, 2.05) is 6.92 Å². The highest BCUT2D eigenvalue weighted by Crippen LogP contribution is 2.07. The van der Waals surface area contributed by atoms with E-state index in [-0.39, 0.29) is 5.97 Å². The van der Waals surface area contributed by atoms with Gasteiger partial charge in [0.05, 0.1) is 7.11 Å². The predicted octanol–water partition coefficient (Wildman–Crippen LogP) is 2.93. The fraction of sp³-hybridized carbons (Fsp3) is 0.917. The van der Waals surface area contributed by atoms with Crippen molar-refractivity contribution in [3.8, 4) is 0 Å². The third kappa shape index (κ3) is 11.4. The molecule has 0 saturated heterocycles. The quantitative estimate of drug-likeness (QED) is 0.416. The lowest BCUT2D eigenvalue weighted by Gasteiger charge is -2.02. The molecular formula is C12H24O3. The molecule has 0 aromatic carbocycles. The summed E-state index contributed by atoms with van der Waals surface area (Å²) in [7, 11) is 1.44. The SMILES string of the molecule is CCOCCCCCCCCC(=O)OC. The highest BCUT2D eigenvalue weighted by molar-refractivity contribution is 5.68. The van der Waals surface area contributed by atoms with E-state index >= 15 is 0 Å². The summed E-state index contributed by atoms with van der Waals surface area (Å²) in [6, 6.07) is 0. The summed E-state index contributed by atoms with van der Waals surface area (Å²) in [6.45, 7) is 3.73. The summed E-state index contributed by atoms with van der Waals surface area (Å²) < 4.78 is 9.81. The van der Waals surface area contributed by atoms with Crippen LogP contribution in [0.5, 0.6) is 0 Å². The van der Waals surface area contributed by atoms with Crippen molar-refractivity contribution in [1.82, 2.24) is 0 Å². The molecule has 0 spiro atoms. The zero-order valence-corrected chi connectivity index (χ0v) is 10.1. The van der Waals surface area contributed by atoms with Gasteiger partial charge in [0.2, 0.25) is 0 Å². The molecule has 0 aliphatic carbocycles. The lowest BCUT2D eigenvalue weighted by molar-refractivity contribution is -0.140. The molecule has 3 nitrogen and oxygen atoms in total. The van der Waals surface area contributed by atoms with Crippen molar-refractivity contribution < 1.29 is 14.3 Å². The molecule has 0 aliphatic heterocycles. The molecule has 0 unspecified atom stereocenters. The van der Waals surface area contributed by atoms with E-state index in [1.54, 1.807) is 0 Å². The van der Waals surface area contributed by atoms with E-state index < -0.39 is 0 Å². The average Bonchev–Trinajstić information content (AvgIpc) is 2.26. The zero-order chi connectivity index (χ0) is 11.4. The third-order valence-corrected chi connectivity index (χ3v) is 2.35. The van der Waals surface area contributed by atoms with Crippen molar-refractivity contribution in [2.45, 2.75) is 51.9 Å². The van der Waals surface area contributed by atoms with Crippen molar-refractivity contribution >= 4 is 5.97 Å². The van der Waals surface area contributed by atoms with Crippen LogP contribution in [0, 0.1) is 0 Å². The number of hydrogen-bond acceptors (Lipinski definition) is 3. The zero-order valence-electron chi connectivity index (χ0n) is 10.1. The Morgan fingerprint density at radius 1 is 1.00 bits per heavy atom. The summed E-state index contributed by atoms with van der Waals surface area (Å²) >= 11 is 0. The molecule has 0 bridgehead atoms. The minimum absolute atomic E-state index is 0.0913. The maximum absolute atomic E-state index is 10.8. The first-order chi connectivity index (χ1) is 7.31. The minimum Gasteiger partial charge on any atom is -0.469 e. The Balaban J connectivity index is 2.95. The average molecular weight is 216 g/mol. The van der Waals surface area contributed by atoms with Crippen LogP contribution < -0.4 is 0 Å². The van der Waals surface area contributed by atoms with Gasteiger partial charge in [0.15, 0.2) is 0 Å². The summed E-state index contributed by atoms with van der Waals surface area (Å²) in [5.41, 5.74) is 0. The molecule has 0 saturated carbocycles. The molecule has 0 amide bonds. The van der Waals surface area contributed by atoms with Gasteiger partial charge in [-0.1, -0.05) is 25.7 Å². The number of carbonyl (C=O) groups excluding carboxylic acids is 1. The third-order valence-electron chi connectivity index (χ3n) is 2.35. The van der Waals surface area contributed by atoms with Crippen LogP contribution in [0.2, 0.25) is 0 Å². The monoisotopic (exact) mass is 216 g/mol. The molecule has 0 aliphatic rings. The maximum atomic E-state index is 10.8. The van der Waals surface area contributed by atoms with E-state index in [0.717, 1.165) is 32.5 Å².